The second-order valence-corrected chi connectivity index (χ2v) is 8.01. The van der Waals surface area contributed by atoms with Gasteiger partial charge in [0, 0.05) is 31.9 Å². The molecule has 3 heterocycles. The van der Waals surface area contributed by atoms with Crippen molar-refractivity contribution in [2.45, 2.75) is 58.1 Å². The van der Waals surface area contributed by atoms with Gasteiger partial charge in [-0.05, 0) is 58.4 Å². The third kappa shape index (κ3) is 4.14. The first kappa shape index (κ1) is 17.8. The van der Waals surface area contributed by atoms with Crippen molar-refractivity contribution in [3.8, 4) is 0 Å². The molecule has 2 amide bonds. The number of hydrogen-bond acceptors (Lipinski definition) is 4. The largest absolute Gasteiger partial charge is 0.444 e. The van der Waals surface area contributed by atoms with Crippen LogP contribution in [0.5, 0.6) is 0 Å². The summed E-state index contributed by atoms with van der Waals surface area (Å²) in [6.45, 7) is 7.76. The normalized spacial score (nSPS) is 24.4. The van der Waals surface area contributed by atoms with Crippen LogP contribution in [0.1, 0.15) is 56.9 Å². The summed E-state index contributed by atoms with van der Waals surface area (Å²) >= 11 is 0. The maximum atomic E-state index is 12.8. The molecule has 0 spiro atoms. The van der Waals surface area contributed by atoms with E-state index < -0.39 is 5.60 Å². The molecule has 0 radical (unpaired) electrons. The fraction of sp³-hybridized carbons (Fsp3) is 0.722. The minimum Gasteiger partial charge on any atom is -0.444 e. The molecule has 7 nitrogen and oxygen atoms in total. The van der Waals surface area contributed by atoms with E-state index in [0.717, 1.165) is 32.2 Å². The average Bonchev–Trinajstić information content (AvgIpc) is 3.24. The highest BCUT2D eigenvalue weighted by Crippen LogP contribution is 2.31. The number of amides is 2. The molecule has 2 fully saturated rings. The van der Waals surface area contributed by atoms with E-state index in [4.69, 9.17) is 4.74 Å². The minimum absolute atomic E-state index is 0.0120. The molecule has 1 aromatic heterocycles. The average molecular weight is 348 g/mol. The van der Waals surface area contributed by atoms with E-state index in [-0.39, 0.29) is 18.0 Å². The monoisotopic (exact) mass is 348 g/mol. The molecule has 3 rings (SSSR count). The zero-order valence-electron chi connectivity index (χ0n) is 15.3. The van der Waals surface area contributed by atoms with Gasteiger partial charge in [-0.2, -0.15) is 5.10 Å². The number of rotatable bonds is 2. The molecule has 2 atom stereocenters. The van der Waals surface area contributed by atoms with Crippen molar-refractivity contribution < 1.29 is 14.3 Å². The standard InChI is InChI=1S/C18H28N4O3/c1-18(2,3)25-17(24)21-11-8-13(12-21)15-6-4-5-10-22(15)16(23)14-7-9-19-20-14/h7,9,13,15H,4-6,8,10-12H2,1-3H3,(H,19,20)/t13-,15+/m0/s1. The predicted molar refractivity (Wildman–Crippen MR) is 93.2 cm³/mol. The molecular formula is C18H28N4O3. The number of likely N-dealkylation sites (tertiary alicyclic amines) is 2. The number of piperidine rings is 1. The number of ether oxygens (including phenoxy) is 1. The Morgan fingerprint density at radius 3 is 2.72 bits per heavy atom. The fourth-order valence-electron chi connectivity index (χ4n) is 3.82. The number of hydrogen-bond donors (Lipinski definition) is 1. The lowest BCUT2D eigenvalue weighted by atomic mass is 9.89. The predicted octanol–water partition coefficient (Wildman–Crippen LogP) is 2.66. The van der Waals surface area contributed by atoms with Crippen LogP contribution in [0.25, 0.3) is 0 Å². The van der Waals surface area contributed by atoms with Gasteiger partial charge in [0.15, 0.2) is 0 Å². The van der Waals surface area contributed by atoms with Crippen LogP contribution in [0.4, 0.5) is 4.79 Å². The molecule has 0 saturated carbocycles. The van der Waals surface area contributed by atoms with Crippen LogP contribution in [0.3, 0.4) is 0 Å². The lowest BCUT2D eigenvalue weighted by Crippen LogP contribution is -2.48. The van der Waals surface area contributed by atoms with Crippen LogP contribution >= 0.6 is 0 Å². The first-order valence-electron chi connectivity index (χ1n) is 9.13. The van der Waals surface area contributed by atoms with Crippen LogP contribution in [0.2, 0.25) is 0 Å². The van der Waals surface area contributed by atoms with E-state index in [1.165, 1.54) is 0 Å². The van der Waals surface area contributed by atoms with Crippen molar-refractivity contribution >= 4 is 12.0 Å². The number of nitrogens with one attached hydrogen (secondary N) is 1. The van der Waals surface area contributed by atoms with Crippen LogP contribution in [-0.4, -0.2) is 63.3 Å². The Balaban J connectivity index is 1.65. The Morgan fingerprint density at radius 2 is 2.04 bits per heavy atom. The van der Waals surface area contributed by atoms with E-state index in [0.29, 0.717) is 24.7 Å². The van der Waals surface area contributed by atoms with Gasteiger partial charge in [0.2, 0.25) is 0 Å². The summed E-state index contributed by atoms with van der Waals surface area (Å²) in [5.74, 6) is 0.317. The summed E-state index contributed by atoms with van der Waals surface area (Å²) in [5, 5.41) is 6.66. The Labute approximate surface area is 148 Å². The van der Waals surface area contributed by atoms with Crippen molar-refractivity contribution in [2.24, 2.45) is 5.92 Å². The van der Waals surface area contributed by atoms with Gasteiger partial charge in [0.1, 0.15) is 11.3 Å². The van der Waals surface area contributed by atoms with Gasteiger partial charge in [0.05, 0.1) is 0 Å². The zero-order valence-corrected chi connectivity index (χ0v) is 15.3. The maximum absolute atomic E-state index is 12.8. The molecule has 2 saturated heterocycles. The highest BCUT2D eigenvalue weighted by Gasteiger charge is 2.39. The molecule has 0 aromatic carbocycles. The van der Waals surface area contributed by atoms with Crippen molar-refractivity contribution in [1.29, 1.82) is 0 Å². The first-order valence-corrected chi connectivity index (χ1v) is 9.13. The van der Waals surface area contributed by atoms with Gasteiger partial charge in [-0.15, -0.1) is 0 Å². The second kappa shape index (κ2) is 7.06. The topological polar surface area (TPSA) is 78.5 Å². The summed E-state index contributed by atoms with van der Waals surface area (Å²) in [4.78, 5) is 28.8. The third-order valence-electron chi connectivity index (χ3n) is 4.96. The molecule has 2 aliphatic rings. The molecule has 25 heavy (non-hydrogen) atoms. The van der Waals surface area contributed by atoms with Gasteiger partial charge >= 0.3 is 6.09 Å². The number of carbonyl (C=O) groups excluding carboxylic acids is 2. The number of carbonyl (C=O) groups is 2. The lowest BCUT2D eigenvalue weighted by molar-refractivity contribution is 0.0269. The van der Waals surface area contributed by atoms with E-state index in [1.54, 1.807) is 17.2 Å². The molecule has 1 N–H and O–H groups in total. The Morgan fingerprint density at radius 1 is 1.24 bits per heavy atom. The van der Waals surface area contributed by atoms with Crippen LogP contribution < -0.4 is 0 Å². The fourth-order valence-corrected chi connectivity index (χ4v) is 3.82. The molecule has 0 unspecified atom stereocenters. The van der Waals surface area contributed by atoms with Gasteiger partial charge in [-0.3, -0.25) is 9.89 Å². The zero-order chi connectivity index (χ0) is 18.0. The number of aromatic amines is 1. The number of H-pyrrole nitrogens is 1. The number of nitrogens with zero attached hydrogens (tertiary/aromatic N) is 3. The molecule has 0 bridgehead atoms. The first-order chi connectivity index (χ1) is 11.8. The van der Waals surface area contributed by atoms with Gasteiger partial charge in [-0.25, -0.2) is 4.79 Å². The van der Waals surface area contributed by atoms with Crippen molar-refractivity contribution in [2.75, 3.05) is 19.6 Å². The molecule has 1 aromatic rings. The SMILES string of the molecule is CC(C)(C)OC(=O)N1CC[C@H]([C@H]2CCCCN2C(=O)c2ccn[nH]2)C1. The molecule has 138 valence electrons. The summed E-state index contributed by atoms with van der Waals surface area (Å²) in [6.07, 6.45) is 5.41. The van der Waals surface area contributed by atoms with Gasteiger partial charge in [0.25, 0.3) is 5.91 Å². The summed E-state index contributed by atoms with van der Waals surface area (Å²) < 4.78 is 5.48. The Kier molecular flexibility index (Phi) is 5.01. The minimum atomic E-state index is -0.484. The maximum Gasteiger partial charge on any atom is 0.410 e. The quantitative estimate of drug-likeness (QED) is 0.891. The summed E-state index contributed by atoms with van der Waals surface area (Å²) in [6, 6.07) is 1.90. The van der Waals surface area contributed by atoms with Gasteiger partial charge in [-0.1, -0.05) is 0 Å². The van der Waals surface area contributed by atoms with Crippen molar-refractivity contribution in [1.82, 2.24) is 20.0 Å². The molecule has 0 aliphatic carbocycles. The van der Waals surface area contributed by atoms with Crippen molar-refractivity contribution in [3.05, 3.63) is 18.0 Å². The van der Waals surface area contributed by atoms with E-state index in [2.05, 4.69) is 10.2 Å². The lowest BCUT2D eigenvalue weighted by Gasteiger charge is -2.39. The molecule has 2 aliphatic heterocycles. The Bertz CT molecular complexity index is 608. The van der Waals surface area contributed by atoms with E-state index >= 15 is 0 Å². The number of aromatic nitrogens is 2. The van der Waals surface area contributed by atoms with Gasteiger partial charge < -0.3 is 14.5 Å². The molecular weight excluding hydrogens is 320 g/mol. The smallest absolute Gasteiger partial charge is 0.410 e. The van der Waals surface area contributed by atoms with E-state index in [9.17, 15) is 9.59 Å². The van der Waals surface area contributed by atoms with Crippen LogP contribution in [0.15, 0.2) is 12.3 Å². The third-order valence-corrected chi connectivity index (χ3v) is 4.96. The van der Waals surface area contributed by atoms with E-state index in [1.807, 2.05) is 25.7 Å². The highest BCUT2D eigenvalue weighted by atomic mass is 16.6. The second-order valence-electron chi connectivity index (χ2n) is 8.01. The Hall–Kier alpha value is -2.05. The summed E-state index contributed by atoms with van der Waals surface area (Å²) in [5.41, 5.74) is 0.0525. The highest BCUT2D eigenvalue weighted by molar-refractivity contribution is 5.92. The molecule has 7 heteroatoms. The van der Waals surface area contributed by atoms with Crippen LogP contribution in [0, 0.1) is 5.92 Å². The van der Waals surface area contributed by atoms with Crippen LogP contribution in [-0.2, 0) is 4.74 Å². The summed E-state index contributed by atoms with van der Waals surface area (Å²) in [7, 11) is 0. The van der Waals surface area contributed by atoms with Crippen molar-refractivity contribution in [3.63, 3.8) is 0 Å².